The Hall–Kier alpha value is -0.746. The first-order valence-corrected chi connectivity index (χ1v) is 9.53. The van der Waals surface area contributed by atoms with Crippen molar-refractivity contribution in [2.45, 2.75) is 6.18 Å². The third-order valence-electron chi connectivity index (χ3n) is 2.12. The quantitative estimate of drug-likeness (QED) is 0.562. The fraction of sp³-hybridized carbons (Fsp3) is 0.0833. The Morgan fingerprint density at radius 2 is 1.75 bits per heavy atom. The van der Waals surface area contributed by atoms with Crippen molar-refractivity contribution in [1.29, 1.82) is 0 Å². The Kier molecular flexibility index (Phi) is 7.37. The molecule has 0 N–H and O–H groups in total. The van der Waals surface area contributed by atoms with Crippen LogP contribution in [0.15, 0.2) is 47.6 Å². The van der Waals surface area contributed by atoms with Crippen LogP contribution in [0.25, 0.3) is 0 Å². The summed E-state index contributed by atoms with van der Waals surface area (Å²) in [6.45, 7) is 0. The van der Waals surface area contributed by atoms with Crippen LogP contribution in [0.3, 0.4) is 0 Å². The van der Waals surface area contributed by atoms with Crippen molar-refractivity contribution in [1.82, 2.24) is 4.98 Å². The maximum absolute atomic E-state index is 12.6. The summed E-state index contributed by atoms with van der Waals surface area (Å²) >= 11 is -0.556. The second kappa shape index (κ2) is 8.52. The molecule has 1 heterocycles. The molecule has 0 unspecified atom stereocenters. The SMILES string of the molecule is FC(F)(F)c1ccccc1N=Cc1ccc[n-]1.[Cl][Ti][Cl]. The van der Waals surface area contributed by atoms with Crippen LogP contribution in [0.4, 0.5) is 18.9 Å². The summed E-state index contributed by atoms with van der Waals surface area (Å²) in [5.74, 6) is 0. The van der Waals surface area contributed by atoms with Gasteiger partial charge in [-0.25, -0.2) is 0 Å². The van der Waals surface area contributed by atoms with Gasteiger partial charge in [-0.15, -0.1) is 5.69 Å². The molecule has 0 bridgehead atoms. The van der Waals surface area contributed by atoms with E-state index < -0.39 is 28.8 Å². The molecule has 0 fully saturated rings. The Balaban J connectivity index is 0.000000612. The Morgan fingerprint density at radius 3 is 2.30 bits per heavy atom. The maximum atomic E-state index is 12.6. The van der Waals surface area contributed by atoms with Gasteiger partial charge in [0.05, 0.1) is 11.3 Å². The third-order valence-corrected chi connectivity index (χ3v) is 2.12. The van der Waals surface area contributed by atoms with Crippen LogP contribution in [0.5, 0.6) is 0 Å². The molecule has 0 aliphatic rings. The van der Waals surface area contributed by atoms with Gasteiger partial charge in [0.25, 0.3) is 0 Å². The number of aromatic nitrogens is 1. The van der Waals surface area contributed by atoms with Gasteiger partial charge in [0.2, 0.25) is 0 Å². The average Bonchev–Trinajstić information content (AvgIpc) is 2.90. The van der Waals surface area contributed by atoms with Crippen molar-refractivity contribution in [2.75, 3.05) is 0 Å². The van der Waals surface area contributed by atoms with Crippen LogP contribution in [0, 0.1) is 0 Å². The van der Waals surface area contributed by atoms with Gasteiger partial charge in [-0.05, 0) is 12.1 Å². The summed E-state index contributed by atoms with van der Waals surface area (Å²) in [7, 11) is 9.78. The molecule has 0 atom stereocenters. The number of hydrogen-bond acceptors (Lipinski definition) is 1. The van der Waals surface area contributed by atoms with E-state index in [0.717, 1.165) is 6.07 Å². The van der Waals surface area contributed by atoms with Gasteiger partial charge in [-0.2, -0.15) is 19.4 Å². The summed E-state index contributed by atoms with van der Waals surface area (Å²) < 4.78 is 37.9. The minimum absolute atomic E-state index is 0.108. The van der Waals surface area contributed by atoms with Gasteiger partial charge in [-0.3, -0.25) is 4.99 Å². The number of alkyl halides is 3. The van der Waals surface area contributed by atoms with E-state index in [1.165, 1.54) is 24.4 Å². The molecule has 0 radical (unpaired) electrons. The zero-order chi connectivity index (χ0) is 15.0. The van der Waals surface area contributed by atoms with Crippen LogP contribution in [-0.4, -0.2) is 6.21 Å². The van der Waals surface area contributed by atoms with Gasteiger partial charge in [0.15, 0.2) is 0 Å². The van der Waals surface area contributed by atoms with E-state index in [4.69, 9.17) is 18.6 Å². The van der Waals surface area contributed by atoms with E-state index in [2.05, 4.69) is 9.98 Å². The standard InChI is InChI=1S/C12H8F3N2.2ClH.Ti/c13-12(14,15)10-5-1-2-6-11(10)17-8-9-4-3-7-16-9;;;/h1-8H;2*1H;/q-1;;;+2/p-2. The predicted molar refractivity (Wildman–Crippen MR) is 70.2 cm³/mol. The van der Waals surface area contributed by atoms with E-state index in [0.29, 0.717) is 5.69 Å². The normalized spacial score (nSPS) is 11.1. The fourth-order valence-corrected chi connectivity index (χ4v) is 1.35. The first-order valence-electron chi connectivity index (χ1n) is 5.23. The molecular formula is C12H8Cl2F3N2Ti-. The molecule has 1 aromatic heterocycles. The number of aliphatic imine (C=N–C) groups is 1. The molecule has 0 spiro atoms. The van der Waals surface area contributed by atoms with Crippen LogP contribution in [-0.2, 0) is 23.2 Å². The van der Waals surface area contributed by atoms with E-state index in [1.807, 2.05) is 0 Å². The van der Waals surface area contributed by atoms with Crippen molar-refractivity contribution in [3.63, 3.8) is 0 Å². The number of benzene rings is 1. The summed E-state index contributed by atoms with van der Waals surface area (Å²) in [4.78, 5) is 7.70. The fourth-order valence-electron chi connectivity index (χ4n) is 1.35. The van der Waals surface area contributed by atoms with Crippen molar-refractivity contribution >= 4 is 30.5 Å². The Bertz CT molecular complexity index is 542. The molecule has 2 nitrogen and oxygen atoms in total. The molecule has 0 aliphatic heterocycles. The first-order chi connectivity index (χ1) is 9.49. The van der Waals surface area contributed by atoms with Crippen molar-refractivity contribution < 1.29 is 30.2 Å². The number of para-hydroxylation sites is 1. The minimum atomic E-state index is -4.40. The molecule has 0 aliphatic carbocycles. The van der Waals surface area contributed by atoms with Gasteiger partial charge in [0.1, 0.15) is 0 Å². The molecule has 2 rings (SSSR count). The first kappa shape index (κ1) is 17.3. The van der Waals surface area contributed by atoms with Crippen molar-refractivity contribution in [2.24, 2.45) is 4.99 Å². The van der Waals surface area contributed by atoms with Gasteiger partial charge < -0.3 is 4.98 Å². The second-order valence-electron chi connectivity index (χ2n) is 3.41. The van der Waals surface area contributed by atoms with Gasteiger partial charge in [0, 0.05) is 6.21 Å². The predicted octanol–water partition coefficient (Wildman–Crippen LogP) is 4.79. The van der Waals surface area contributed by atoms with Crippen LogP contribution in [0.2, 0.25) is 0 Å². The van der Waals surface area contributed by atoms with Crippen molar-refractivity contribution in [3.05, 3.63) is 53.9 Å². The van der Waals surface area contributed by atoms with Crippen LogP contribution < -0.4 is 4.98 Å². The second-order valence-corrected chi connectivity index (χ2v) is 5.99. The molecule has 8 heteroatoms. The third kappa shape index (κ3) is 5.71. The Morgan fingerprint density at radius 1 is 1.10 bits per heavy atom. The molecule has 0 saturated carbocycles. The zero-order valence-electron chi connectivity index (χ0n) is 9.90. The summed E-state index contributed by atoms with van der Waals surface area (Å²) in [6, 6.07) is 8.53. The zero-order valence-corrected chi connectivity index (χ0v) is 13.0. The van der Waals surface area contributed by atoms with Crippen molar-refractivity contribution in [3.8, 4) is 0 Å². The summed E-state index contributed by atoms with van der Waals surface area (Å²) in [5.41, 5.74) is -0.326. The number of halogens is 5. The van der Waals surface area contributed by atoms with E-state index in [1.54, 1.807) is 18.3 Å². The monoisotopic (exact) mass is 355 g/mol. The molecule has 0 amide bonds. The van der Waals surface area contributed by atoms with Gasteiger partial charge in [-0.1, -0.05) is 24.3 Å². The van der Waals surface area contributed by atoms with Crippen LogP contribution in [0.1, 0.15) is 11.3 Å². The van der Waals surface area contributed by atoms with E-state index in [-0.39, 0.29) is 5.69 Å². The Labute approximate surface area is 130 Å². The number of hydrogen-bond donors (Lipinski definition) is 0. The molecule has 2 aromatic rings. The molecule has 1 aromatic carbocycles. The molecule has 106 valence electrons. The molecular weight excluding hydrogens is 348 g/mol. The van der Waals surface area contributed by atoms with Crippen LogP contribution >= 0.6 is 18.6 Å². The number of rotatable bonds is 2. The van der Waals surface area contributed by atoms with E-state index in [9.17, 15) is 13.2 Å². The molecule has 0 saturated heterocycles. The molecule has 20 heavy (non-hydrogen) atoms. The summed E-state index contributed by atoms with van der Waals surface area (Å²) in [5, 5.41) is 0. The number of nitrogens with zero attached hydrogens (tertiary/aromatic N) is 2. The van der Waals surface area contributed by atoms with E-state index >= 15 is 0 Å². The summed E-state index contributed by atoms with van der Waals surface area (Å²) in [6.07, 6.45) is -1.53. The topological polar surface area (TPSA) is 26.5 Å². The van der Waals surface area contributed by atoms with Gasteiger partial charge >= 0.3 is 41.8 Å². The average molecular weight is 356 g/mol.